The van der Waals surface area contributed by atoms with Gasteiger partial charge in [-0.2, -0.15) is 0 Å². The predicted molar refractivity (Wildman–Crippen MR) is 72.1 cm³/mol. The number of hydrogen-bond acceptors (Lipinski definition) is 1. The number of nitrogens with one attached hydrogen (secondary N) is 1. The highest BCUT2D eigenvalue weighted by atomic mass is 35.5. The van der Waals surface area contributed by atoms with Gasteiger partial charge in [-0.3, -0.25) is 0 Å². The molecule has 1 aromatic rings. The molecule has 1 unspecified atom stereocenters. The van der Waals surface area contributed by atoms with Gasteiger partial charge in [-0.15, -0.1) is 0 Å². The zero-order valence-electron chi connectivity index (χ0n) is 10.5. The van der Waals surface area contributed by atoms with Crippen molar-refractivity contribution >= 4 is 11.6 Å². The van der Waals surface area contributed by atoms with Crippen LogP contribution in [0.2, 0.25) is 5.02 Å². The van der Waals surface area contributed by atoms with Gasteiger partial charge in [-0.05, 0) is 31.0 Å². The van der Waals surface area contributed by atoms with E-state index in [-0.39, 0.29) is 0 Å². The maximum atomic E-state index is 6.19. The second-order valence-electron chi connectivity index (χ2n) is 4.27. The fourth-order valence-corrected chi connectivity index (χ4v) is 2.48. The van der Waals surface area contributed by atoms with Gasteiger partial charge in [0.1, 0.15) is 0 Å². The summed E-state index contributed by atoms with van der Waals surface area (Å²) >= 11 is 6.19. The summed E-state index contributed by atoms with van der Waals surface area (Å²) in [7, 11) is 2.04. The van der Waals surface area contributed by atoms with E-state index in [0.717, 1.165) is 17.4 Å². The molecule has 0 amide bonds. The van der Waals surface area contributed by atoms with Gasteiger partial charge in [0.05, 0.1) is 0 Å². The highest BCUT2D eigenvalue weighted by Gasteiger charge is 2.17. The minimum absolute atomic E-state index is 0.523. The predicted octanol–water partition coefficient (Wildman–Crippen LogP) is 3.91. The van der Waals surface area contributed by atoms with Crippen LogP contribution in [-0.2, 0) is 6.42 Å². The minimum Gasteiger partial charge on any atom is -0.316 e. The lowest BCUT2D eigenvalue weighted by Gasteiger charge is -2.25. The van der Waals surface area contributed by atoms with Crippen molar-refractivity contribution in [2.75, 3.05) is 7.05 Å². The van der Waals surface area contributed by atoms with E-state index in [9.17, 15) is 0 Å². The smallest absolute Gasteiger partial charge is 0.0438 e. The van der Waals surface area contributed by atoms with Crippen LogP contribution in [0.1, 0.15) is 32.3 Å². The van der Waals surface area contributed by atoms with Crippen LogP contribution in [0.15, 0.2) is 24.3 Å². The van der Waals surface area contributed by atoms with Gasteiger partial charge in [-0.25, -0.2) is 0 Å². The second kappa shape index (κ2) is 6.93. The summed E-state index contributed by atoms with van der Waals surface area (Å²) < 4.78 is 0. The van der Waals surface area contributed by atoms with Crippen LogP contribution in [-0.4, -0.2) is 13.1 Å². The molecule has 1 aromatic carbocycles. The summed E-state index contributed by atoms with van der Waals surface area (Å²) in [6.07, 6.45) is 3.45. The van der Waals surface area contributed by atoms with Crippen molar-refractivity contribution in [3.8, 4) is 0 Å². The lowest BCUT2D eigenvalue weighted by Crippen LogP contribution is -2.35. The monoisotopic (exact) mass is 239 g/mol. The molecule has 0 spiro atoms. The molecule has 16 heavy (non-hydrogen) atoms. The Morgan fingerprint density at radius 3 is 2.31 bits per heavy atom. The van der Waals surface area contributed by atoms with E-state index >= 15 is 0 Å². The van der Waals surface area contributed by atoms with Crippen LogP contribution in [0.25, 0.3) is 0 Å². The lowest BCUT2D eigenvalue weighted by molar-refractivity contribution is 0.349. The van der Waals surface area contributed by atoms with Gasteiger partial charge in [0.25, 0.3) is 0 Å². The Bertz CT molecular complexity index is 307. The Morgan fingerprint density at radius 1 is 1.19 bits per heavy atom. The first kappa shape index (κ1) is 13.5. The Kier molecular flexibility index (Phi) is 5.86. The first-order valence-electron chi connectivity index (χ1n) is 6.13. The molecular formula is C14H22ClN. The maximum absolute atomic E-state index is 6.19. The van der Waals surface area contributed by atoms with Crippen LogP contribution in [0.4, 0.5) is 0 Å². The summed E-state index contributed by atoms with van der Waals surface area (Å²) in [5, 5.41) is 4.30. The van der Waals surface area contributed by atoms with E-state index in [1.165, 1.54) is 18.4 Å². The van der Waals surface area contributed by atoms with Crippen LogP contribution in [0, 0.1) is 5.92 Å². The zero-order valence-corrected chi connectivity index (χ0v) is 11.2. The SMILES string of the molecule is CCC(CC)C(Cc1ccccc1Cl)NC. The Labute approximate surface area is 104 Å². The van der Waals surface area contributed by atoms with E-state index in [1.54, 1.807) is 0 Å². The molecule has 0 aromatic heterocycles. The van der Waals surface area contributed by atoms with Crippen LogP contribution in [0.3, 0.4) is 0 Å². The molecule has 1 rings (SSSR count). The normalized spacial score (nSPS) is 13.1. The van der Waals surface area contributed by atoms with E-state index in [4.69, 9.17) is 11.6 Å². The first-order chi connectivity index (χ1) is 7.72. The van der Waals surface area contributed by atoms with Crippen molar-refractivity contribution in [1.82, 2.24) is 5.32 Å². The summed E-state index contributed by atoms with van der Waals surface area (Å²) in [5.74, 6) is 0.723. The molecule has 0 fully saturated rings. The molecule has 2 heteroatoms. The van der Waals surface area contributed by atoms with Crippen molar-refractivity contribution in [2.45, 2.75) is 39.2 Å². The molecule has 1 nitrogen and oxygen atoms in total. The Balaban J connectivity index is 2.73. The molecule has 0 aliphatic carbocycles. The number of halogens is 1. The molecular weight excluding hydrogens is 218 g/mol. The first-order valence-corrected chi connectivity index (χ1v) is 6.51. The van der Waals surface area contributed by atoms with Crippen molar-refractivity contribution in [2.24, 2.45) is 5.92 Å². The van der Waals surface area contributed by atoms with Crippen molar-refractivity contribution in [1.29, 1.82) is 0 Å². The Morgan fingerprint density at radius 2 is 1.81 bits per heavy atom. The van der Waals surface area contributed by atoms with Crippen LogP contribution >= 0.6 is 11.6 Å². The van der Waals surface area contributed by atoms with Gasteiger partial charge >= 0.3 is 0 Å². The van der Waals surface area contributed by atoms with Crippen molar-refractivity contribution < 1.29 is 0 Å². The third-order valence-electron chi connectivity index (χ3n) is 3.39. The fourth-order valence-electron chi connectivity index (χ4n) is 2.26. The molecule has 0 bridgehead atoms. The van der Waals surface area contributed by atoms with Crippen molar-refractivity contribution in [3.05, 3.63) is 34.9 Å². The van der Waals surface area contributed by atoms with E-state index in [0.29, 0.717) is 6.04 Å². The molecule has 0 heterocycles. The largest absolute Gasteiger partial charge is 0.316 e. The van der Waals surface area contributed by atoms with E-state index < -0.39 is 0 Å². The molecule has 0 radical (unpaired) electrons. The minimum atomic E-state index is 0.523. The van der Waals surface area contributed by atoms with Crippen molar-refractivity contribution in [3.63, 3.8) is 0 Å². The molecule has 0 aliphatic heterocycles. The third kappa shape index (κ3) is 3.50. The van der Waals surface area contributed by atoms with Gasteiger partial charge in [0.15, 0.2) is 0 Å². The number of likely N-dealkylation sites (N-methyl/N-ethyl adjacent to an activating group) is 1. The molecule has 1 N–H and O–H groups in total. The average Bonchev–Trinajstić information content (AvgIpc) is 2.31. The third-order valence-corrected chi connectivity index (χ3v) is 3.75. The van der Waals surface area contributed by atoms with Crippen LogP contribution in [0.5, 0.6) is 0 Å². The number of benzene rings is 1. The maximum Gasteiger partial charge on any atom is 0.0438 e. The summed E-state index contributed by atoms with van der Waals surface area (Å²) in [4.78, 5) is 0. The van der Waals surface area contributed by atoms with Gasteiger partial charge in [0.2, 0.25) is 0 Å². The van der Waals surface area contributed by atoms with Gasteiger partial charge in [-0.1, -0.05) is 56.5 Å². The van der Waals surface area contributed by atoms with Gasteiger partial charge < -0.3 is 5.32 Å². The quantitative estimate of drug-likeness (QED) is 0.794. The zero-order chi connectivity index (χ0) is 12.0. The molecule has 1 atom stereocenters. The second-order valence-corrected chi connectivity index (χ2v) is 4.67. The molecule has 0 aliphatic rings. The lowest BCUT2D eigenvalue weighted by atomic mass is 9.89. The summed E-state index contributed by atoms with van der Waals surface area (Å²) in [6.45, 7) is 4.51. The van der Waals surface area contributed by atoms with E-state index in [1.807, 2.05) is 19.2 Å². The topological polar surface area (TPSA) is 12.0 Å². The van der Waals surface area contributed by atoms with E-state index in [2.05, 4.69) is 31.3 Å². The van der Waals surface area contributed by atoms with Gasteiger partial charge in [0, 0.05) is 11.1 Å². The molecule has 0 saturated carbocycles. The number of hydrogen-bond donors (Lipinski definition) is 1. The Hall–Kier alpha value is -0.530. The van der Waals surface area contributed by atoms with Crippen LogP contribution < -0.4 is 5.32 Å². The summed E-state index contributed by atoms with van der Waals surface area (Å²) in [5.41, 5.74) is 1.25. The fraction of sp³-hybridized carbons (Fsp3) is 0.571. The molecule has 0 saturated heterocycles. The molecule has 90 valence electrons. The summed E-state index contributed by atoms with van der Waals surface area (Å²) in [6, 6.07) is 8.65. The number of rotatable bonds is 6. The highest BCUT2D eigenvalue weighted by molar-refractivity contribution is 6.31. The standard InChI is InChI=1S/C14H22ClN/c1-4-11(5-2)14(16-3)10-12-8-6-7-9-13(12)15/h6-9,11,14,16H,4-5,10H2,1-3H3. The highest BCUT2D eigenvalue weighted by Crippen LogP contribution is 2.21. The average molecular weight is 240 g/mol.